The number of benzene rings is 1. The summed E-state index contributed by atoms with van der Waals surface area (Å²) >= 11 is 0. The Hall–Kier alpha value is -2.69. The normalized spacial score (nSPS) is 10.8. The van der Waals surface area contributed by atoms with Gasteiger partial charge in [-0.1, -0.05) is 12.1 Å². The highest BCUT2D eigenvalue weighted by Crippen LogP contribution is 2.17. The number of nitrogens with one attached hydrogen (secondary N) is 1. The second kappa shape index (κ2) is 6.39. The molecule has 5 nitrogen and oxygen atoms in total. The highest BCUT2D eigenvalue weighted by Gasteiger charge is 2.06. The summed E-state index contributed by atoms with van der Waals surface area (Å²) in [6.45, 7) is 2.33. The van der Waals surface area contributed by atoms with Gasteiger partial charge in [0.05, 0.1) is 0 Å². The summed E-state index contributed by atoms with van der Waals surface area (Å²) < 4.78 is 5.44. The van der Waals surface area contributed by atoms with Crippen molar-refractivity contribution in [3.63, 3.8) is 0 Å². The molecule has 1 amide bonds. The van der Waals surface area contributed by atoms with E-state index in [2.05, 4.69) is 15.3 Å². The number of aromatic nitrogens is 2. The van der Waals surface area contributed by atoms with Crippen molar-refractivity contribution in [3.8, 4) is 0 Å². The maximum Gasteiger partial charge on any atom is 0.220 e. The molecule has 0 saturated heterocycles. The average Bonchev–Trinajstić information content (AvgIpc) is 2.91. The molecule has 0 spiro atoms. The number of oxazole rings is 1. The average molecular weight is 295 g/mol. The highest BCUT2D eigenvalue weighted by molar-refractivity contribution is 5.77. The smallest absolute Gasteiger partial charge is 0.220 e. The SMILES string of the molecule is Cc1nc2cc(CCC(=O)NCc3cccnc3)ccc2o1. The third-order valence-corrected chi connectivity index (χ3v) is 3.41. The lowest BCUT2D eigenvalue weighted by molar-refractivity contribution is -0.121. The Bertz CT molecular complexity index is 781. The first-order valence-electron chi connectivity index (χ1n) is 7.22. The van der Waals surface area contributed by atoms with Crippen molar-refractivity contribution < 1.29 is 9.21 Å². The summed E-state index contributed by atoms with van der Waals surface area (Å²) in [4.78, 5) is 20.2. The van der Waals surface area contributed by atoms with Crippen LogP contribution in [-0.4, -0.2) is 15.9 Å². The first-order valence-corrected chi connectivity index (χ1v) is 7.22. The second-order valence-electron chi connectivity index (χ2n) is 5.17. The third-order valence-electron chi connectivity index (χ3n) is 3.41. The van der Waals surface area contributed by atoms with E-state index in [1.165, 1.54) is 0 Å². The van der Waals surface area contributed by atoms with Crippen LogP contribution in [0, 0.1) is 6.92 Å². The first kappa shape index (κ1) is 14.3. The number of pyridine rings is 1. The van der Waals surface area contributed by atoms with Gasteiger partial charge in [0, 0.05) is 32.3 Å². The van der Waals surface area contributed by atoms with Gasteiger partial charge in [-0.25, -0.2) is 4.98 Å². The summed E-state index contributed by atoms with van der Waals surface area (Å²) in [5.41, 5.74) is 3.70. The monoisotopic (exact) mass is 295 g/mol. The Balaban J connectivity index is 1.53. The van der Waals surface area contributed by atoms with Gasteiger partial charge in [-0.15, -0.1) is 0 Å². The third kappa shape index (κ3) is 3.49. The number of carbonyl (C=O) groups is 1. The molecule has 1 aromatic carbocycles. The Kier molecular flexibility index (Phi) is 4.14. The van der Waals surface area contributed by atoms with Gasteiger partial charge in [-0.2, -0.15) is 0 Å². The highest BCUT2D eigenvalue weighted by atomic mass is 16.3. The quantitative estimate of drug-likeness (QED) is 0.786. The molecule has 2 aromatic heterocycles. The van der Waals surface area contributed by atoms with Crippen LogP contribution in [0.25, 0.3) is 11.1 Å². The predicted octanol–water partition coefficient (Wildman–Crippen LogP) is 2.78. The Morgan fingerprint density at radius 3 is 3.00 bits per heavy atom. The molecule has 22 heavy (non-hydrogen) atoms. The molecule has 0 fully saturated rings. The Labute approximate surface area is 128 Å². The molecular weight excluding hydrogens is 278 g/mol. The van der Waals surface area contributed by atoms with Gasteiger partial charge in [0.2, 0.25) is 5.91 Å². The van der Waals surface area contributed by atoms with Gasteiger partial charge in [-0.05, 0) is 35.7 Å². The van der Waals surface area contributed by atoms with E-state index < -0.39 is 0 Å². The van der Waals surface area contributed by atoms with Crippen LogP contribution in [0.4, 0.5) is 0 Å². The van der Waals surface area contributed by atoms with E-state index in [4.69, 9.17) is 4.42 Å². The molecule has 3 aromatic rings. The van der Waals surface area contributed by atoms with Crippen LogP contribution in [0.3, 0.4) is 0 Å². The molecule has 0 aliphatic heterocycles. The zero-order valence-electron chi connectivity index (χ0n) is 12.4. The van der Waals surface area contributed by atoms with Crippen molar-refractivity contribution in [2.45, 2.75) is 26.3 Å². The summed E-state index contributed by atoms with van der Waals surface area (Å²) in [5.74, 6) is 0.682. The molecule has 2 heterocycles. The van der Waals surface area contributed by atoms with Crippen molar-refractivity contribution in [3.05, 3.63) is 59.7 Å². The lowest BCUT2D eigenvalue weighted by atomic mass is 10.1. The molecule has 0 atom stereocenters. The number of fused-ring (bicyclic) bond motifs is 1. The predicted molar refractivity (Wildman–Crippen MR) is 83.2 cm³/mol. The fraction of sp³-hybridized carbons (Fsp3) is 0.235. The number of nitrogens with zero attached hydrogens (tertiary/aromatic N) is 2. The largest absolute Gasteiger partial charge is 0.441 e. The molecular formula is C17H17N3O2. The van der Waals surface area contributed by atoms with Crippen LogP contribution in [0.2, 0.25) is 0 Å². The van der Waals surface area contributed by atoms with Crippen molar-refractivity contribution in [1.29, 1.82) is 0 Å². The lowest BCUT2D eigenvalue weighted by Crippen LogP contribution is -2.23. The summed E-state index contributed by atoms with van der Waals surface area (Å²) in [7, 11) is 0. The fourth-order valence-electron chi connectivity index (χ4n) is 2.29. The second-order valence-corrected chi connectivity index (χ2v) is 5.17. The van der Waals surface area contributed by atoms with E-state index in [9.17, 15) is 4.79 Å². The van der Waals surface area contributed by atoms with Crippen molar-refractivity contribution in [2.75, 3.05) is 0 Å². The van der Waals surface area contributed by atoms with E-state index in [0.717, 1.165) is 22.2 Å². The van der Waals surface area contributed by atoms with Crippen LogP contribution in [0.1, 0.15) is 23.4 Å². The Morgan fingerprint density at radius 1 is 1.27 bits per heavy atom. The van der Waals surface area contributed by atoms with Gasteiger partial charge >= 0.3 is 0 Å². The zero-order valence-corrected chi connectivity index (χ0v) is 12.4. The van der Waals surface area contributed by atoms with E-state index in [1.54, 1.807) is 12.4 Å². The van der Waals surface area contributed by atoms with Gasteiger partial charge < -0.3 is 9.73 Å². The van der Waals surface area contributed by atoms with Gasteiger partial charge in [0.1, 0.15) is 5.52 Å². The van der Waals surface area contributed by atoms with Gasteiger partial charge in [-0.3, -0.25) is 9.78 Å². The lowest BCUT2D eigenvalue weighted by Gasteiger charge is -2.05. The van der Waals surface area contributed by atoms with Crippen LogP contribution in [0.5, 0.6) is 0 Å². The molecule has 0 radical (unpaired) electrons. The van der Waals surface area contributed by atoms with E-state index >= 15 is 0 Å². The maximum absolute atomic E-state index is 11.9. The summed E-state index contributed by atoms with van der Waals surface area (Å²) in [6.07, 6.45) is 4.59. The minimum atomic E-state index is 0.0280. The Morgan fingerprint density at radius 2 is 2.18 bits per heavy atom. The van der Waals surface area contributed by atoms with Crippen molar-refractivity contribution in [1.82, 2.24) is 15.3 Å². The fourth-order valence-corrected chi connectivity index (χ4v) is 2.29. The zero-order chi connectivity index (χ0) is 15.4. The van der Waals surface area contributed by atoms with Crippen LogP contribution in [0.15, 0.2) is 47.1 Å². The van der Waals surface area contributed by atoms with E-state index in [0.29, 0.717) is 25.3 Å². The topological polar surface area (TPSA) is 68.0 Å². The number of rotatable bonds is 5. The number of amides is 1. The molecule has 1 N–H and O–H groups in total. The van der Waals surface area contributed by atoms with Crippen molar-refractivity contribution in [2.24, 2.45) is 0 Å². The molecule has 0 saturated carbocycles. The molecule has 0 bridgehead atoms. The minimum Gasteiger partial charge on any atom is -0.441 e. The standard InChI is InChI=1S/C17H17N3O2/c1-12-20-15-9-13(4-6-16(15)22-12)5-7-17(21)19-11-14-3-2-8-18-10-14/h2-4,6,8-10H,5,7,11H2,1H3,(H,19,21). The van der Waals surface area contributed by atoms with Crippen LogP contribution >= 0.6 is 0 Å². The summed E-state index contributed by atoms with van der Waals surface area (Å²) in [5, 5.41) is 2.90. The molecule has 5 heteroatoms. The van der Waals surface area contributed by atoms with Crippen LogP contribution in [-0.2, 0) is 17.8 Å². The molecule has 3 rings (SSSR count). The molecule has 112 valence electrons. The molecule has 0 unspecified atom stereocenters. The van der Waals surface area contributed by atoms with Crippen LogP contribution < -0.4 is 5.32 Å². The maximum atomic E-state index is 11.9. The molecule has 0 aliphatic carbocycles. The number of hydrogen-bond donors (Lipinski definition) is 1. The summed E-state index contributed by atoms with van der Waals surface area (Å²) in [6, 6.07) is 9.64. The van der Waals surface area contributed by atoms with E-state index in [-0.39, 0.29) is 5.91 Å². The van der Waals surface area contributed by atoms with Gasteiger partial charge in [0.25, 0.3) is 0 Å². The molecule has 0 aliphatic rings. The number of carbonyl (C=O) groups excluding carboxylic acids is 1. The van der Waals surface area contributed by atoms with Gasteiger partial charge in [0.15, 0.2) is 11.5 Å². The first-order chi connectivity index (χ1) is 10.7. The van der Waals surface area contributed by atoms with Crippen molar-refractivity contribution >= 4 is 17.0 Å². The number of aryl methyl sites for hydroxylation is 2. The minimum absolute atomic E-state index is 0.0280. The number of hydrogen-bond acceptors (Lipinski definition) is 4. The van der Waals surface area contributed by atoms with E-state index in [1.807, 2.05) is 37.3 Å².